The van der Waals surface area contributed by atoms with Crippen LogP contribution < -0.4 is 9.64 Å². The monoisotopic (exact) mass is 433 g/mol. The Hall–Kier alpha value is -2.24. The molecule has 4 nitrogen and oxygen atoms in total. The fraction of sp³-hybridized carbons (Fsp3) is 0.150. The molecule has 0 aliphatic carbocycles. The molecule has 0 saturated carbocycles. The van der Waals surface area contributed by atoms with Crippen LogP contribution >= 0.6 is 27.5 Å². The molecule has 134 valence electrons. The van der Waals surface area contributed by atoms with Gasteiger partial charge in [0.05, 0.1) is 17.3 Å². The molecule has 0 unspecified atom stereocenters. The van der Waals surface area contributed by atoms with E-state index in [0.717, 1.165) is 11.3 Å². The lowest BCUT2D eigenvalue weighted by atomic mass is 10.2. The minimum absolute atomic E-state index is 0.102. The number of rotatable bonds is 6. The molecule has 3 aromatic rings. The number of furan rings is 1. The van der Waals surface area contributed by atoms with Crippen LogP contribution in [0.4, 0.5) is 5.69 Å². The number of anilines is 1. The Balaban J connectivity index is 1.76. The summed E-state index contributed by atoms with van der Waals surface area (Å²) >= 11 is 9.32. The predicted molar refractivity (Wildman–Crippen MR) is 106 cm³/mol. The third-order valence-electron chi connectivity index (χ3n) is 3.79. The molecule has 0 saturated heterocycles. The van der Waals surface area contributed by atoms with Gasteiger partial charge in [0.25, 0.3) is 5.91 Å². The molecule has 26 heavy (non-hydrogen) atoms. The quantitative estimate of drug-likeness (QED) is 0.506. The van der Waals surface area contributed by atoms with Gasteiger partial charge in [0.1, 0.15) is 11.5 Å². The first-order chi connectivity index (χ1) is 12.5. The van der Waals surface area contributed by atoms with E-state index in [-0.39, 0.29) is 12.5 Å². The Bertz CT molecular complexity index is 879. The number of carbonyl (C=O) groups excluding carboxylic acids is 1. The number of halogens is 2. The van der Waals surface area contributed by atoms with E-state index < -0.39 is 0 Å². The molecule has 0 spiro atoms. The molecule has 0 radical (unpaired) electrons. The Labute approximate surface area is 165 Å². The van der Waals surface area contributed by atoms with Crippen molar-refractivity contribution >= 4 is 39.1 Å². The zero-order chi connectivity index (χ0) is 18.5. The fourth-order valence-corrected chi connectivity index (χ4v) is 3.21. The van der Waals surface area contributed by atoms with Crippen molar-refractivity contribution in [2.45, 2.75) is 13.5 Å². The zero-order valence-corrected chi connectivity index (χ0v) is 16.5. The lowest BCUT2D eigenvalue weighted by molar-refractivity contribution is -0.120. The van der Waals surface area contributed by atoms with Gasteiger partial charge in [-0.25, -0.2) is 0 Å². The van der Waals surface area contributed by atoms with Gasteiger partial charge >= 0.3 is 0 Å². The molecule has 6 heteroatoms. The average Bonchev–Trinajstić information content (AvgIpc) is 3.13. The Morgan fingerprint density at radius 1 is 1.19 bits per heavy atom. The summed E-state index contributed by atoms with van der Waals surface area (Å²) in [6.45, 7) is 2.23. The summed E-state index contributed by atoms with van der Waals surface area (Å²) in [6, 6.07) is 16.6. The van der Waals surface area contributed by atoms with Crippen LogP contribution in [0, 0.1) is 6.92 Å². The van der Waals surface area contributed by atoms with Gasteiger partial charge in [0.2, 0.25) is 0 Å². The summed E-state index contributed by atoms with van der Waals surface area (Å²) in [6.07, 6.45) is 1.59. The average molecular weight is 435 g/mol. The predicted octanol–water partition coefficient (Wildman–Crippen LogP) is 5.62. The van der Waals surface area contributed by atoms with E-state index >= 15 is 0 Å². The fourth-order valence-electron chi connectivity index (χ4n) is 2.42. The van der Waals surface area contributed by atoms with Gasteiger partial charge in [0, 0.05) is 10.7 Å². The summed E-state index contributed by atoms with van der Waals surface area (Å²) in [4.78, 5) is 14.5. The molecule has 1 amide bonds. The molecule has 1 heterocycles. The maximum Gasteiger partial charge on any atom is 0.265 e. The third kappa shape index (κ3) is 4.68. The van der Waals surface area contributed by atoms with Gasteiger partial charge in [-0.3, -0.25) is 4.79 Å². The first kappa shape index (κ1) is 18.5. The third-order valence-corrected chi connectivity index (χ3v) is 4.64. The normalized spacial score (nSPS) is 10.6. The van der Waals surface area contributed by atoms with Crippen LogP contribution in [0.5, 0.6) is 5.75 Å². The van der Waals surface area contributed by atoms with E-state index in [0.29, 0.717) is 27.5 Å². The summed E-state index contributed by atoms with van der Waals surface area (Å²) in [7, 11) is 0. The zero-order valence-electron chi connectivity index (χ0n) is 14.1. The topological polar surface area (TPSA) is 42.7 Å². The van der Waals surface area contributed by atoms with E-state index in [1.807, 2.05) is 37.3 Å². The second-order valence-corrected chi connectivity index (χ2v) is 7.05. The Kier molecular flexibility index (Phi) is 6.01. The van der Waals surface area contributed by atoms with E-state index in [9.17, 15) is 4.79 Å². The second-order valence-electron chi connectivity index (χ2n) is 5.76. The summed E-state index contributed by atoms with van der Waals surface area (Å²) < 4.78 is 11.8. The number of hydrogen-bond acceptors (Lipinski definition) is 3. The van der Waals surface area contributed by atoms with Crippen molar-refractivity contribution in [1.82, 2.24) is 0 Å². The number of ether oxygens (including phenoxy) is 1. The first-order valence-corrected chi connectivity index (χ1v) is 9.17. The largest absolute Gasteiger partial charge is 0.483 e. The number of carbonyl (C=O) groups is 1. The SMILES string of the molecule is Cc1ccc(N(Cc2ccco2)C(=O)COc2ccc(Cl)cc2Br)cc1. The van der Waals surface area contributed by atoms with Gasteiger partial charge in [-0.05, 0) is 65.3 Å². The van der Waals surface area contributed by atoms with Gasteiger partial charge < -0.3 is 14.1 Å². The van der Waals surface area contributed by atoms with Crippen LogP contribution in [-0.2, 0) is 11.3 Å². The highest BCUT2D eigenvalue weighted by Gasteiger charge is 2.18. The lowest BCUT2D eigenvalue weighted by Gasteiger charge is -2.22. The van der Waals surface area contributed by atoms with Crippen molar-refractivity contribution in [3.8, 4) is 5.75 Å². The summed E-state index contributed by atoms with van der Waals surface area (Å²) in [5.41, 5.74) is 1.91. The van der Waals surface area contributed by atoms with Gasteiger partial charge in [-0.2, -0.15) is 0 Å². The van der Waals surface area contributed by atoms with Crippen LogP contribution in [0.15, 0.2) is 69.8 Å². The van der Waals surface area contributed by atoms with Crippen LogP contribution in [0.3, 0.4) is 0 Å². The standard InChI is InChI=1S/C20H17BrClNO3/c1-14-4-7-16(8-5-14)23(12-17-3-2-10-25-17)20(24)13-26-19-9-6-15(22)11-18(19)21/h2-11H,12-13H2,1H3. The molecule has 1 aromatic heterocycles. The van der Waals surface area contributed by atoms with Gasteiger partial charge in [-0.15, -0.1) is 0 Å². The minimum atomic E-state index is -0.174. The highest BCUT2D eigenvalue weighted by atomic mass is 79.9. The molecule has 0 N–H and O–H groups in total. The number of aryl methyl sites for hydroxylation is 1. The van der Waals surface area contributed by atoms with E-state index in [1.165, 1.54) is 0 Å². The lowest BCUT2D eigenvalue weighted by Crippen LogP contribution is -2.34. The van der Waals surface area contributed by atoms with Crippen molar-refractivity contribution in [2.24, 2.45) is 0 Å². The number of benzene rings is 2. The van der Waals surface area contributed by atoms with Crippen molar-refractivity contribution in [1.29, 1.82) is 0 Å². The molecule has 0 aliphatic heterocycles. The molecule has 2 aromatic carbocycles. The highest BCUT2D eigenvalue weighted by Crippen LogP contribution is 2.28. The number of amides is 1. The van der Waals surface area contributed by atoms with Crippen molar-refractivity contribution in [2.75, 3.05) is 11.5 Å². The van der Waals surface area contributed by atoms with E-state index in [2.05, 4.69) is 15.9 Å². The van der Waals surface area contributed by atoms with Crippen LogP contribution in [0.25, 0.3) is 0 Å². The minimum Gasteiger partial charge on any atom is -0.483 e. The molecule has 3 rings (SSSR count). The van der Waals surface area contributed by atoms with Crippen LogP contribution in [0.2, 0.25) is 5.02 Å². The van der Waals surface area contributed by atoms with E-state index in [1.54, 1.807) is 35.4 Å². The number of nitrogens with zero attached hydrogens (tertiary/aromatic N) is 1. The summed E-state index contributed by atoms with van der Waals surface area (Å²) in [5.74, 6) is 1.09. The second kappa shape index (κ2) is 8.43. The highest BCUT2D eigenvalue weighted by molar-refractivity contribution is 9.10. The van der Waals surface area contributed by atoms with Gasteiger partial charge in [-0.1, -0.05) is 29.3 Å². The van der Waals surface area contributed by atoms with Gasteiger partial charge in [0.15, 0.2) is 6.61 Å². The maximum atomic E-state index is 12.8. The van der Waals surface area contributed by atoms with E-state index in [4.69, 9.17) is 20.8 Å². The van der Waals surface area contributed by atoms with Crippen molar-refractivity contribution < 1.29 is 13.9 Å². The molecule has 0 aliphatic rings. The molecular formula is C20H17BrClNO3. The molecule has 0 bridgehead atoms. The number of hydrogen-bond donors (Lipinski definition) is 0. The molecule has 0 atom stereocenters. The van der Waals surface area contributed by atoms with Crippen LogP contribution in [-0.4, -0.2) is 12.5 Å². The van der Waals surface area contributed by atoms with Crippen molar-refractivity contribution in [3.63, 3.8) is 0 Å². The first-order valence-electron chi connectivity index (χ1n) is 8.00. The smallest absolute Gasteiger partial charge is 0.265 e. The maximum absolute atomic E-state index is 12.8. The Morgan fingerprint density at radius 2 is 1.96 bits per heavy atom. The summed E-state index contributed by atoms with van der Waals surface area (Å²) in [5, 5.41) is 0.592. The molecular weight excluding hydrogens is 418 g/mol. The van der Waals surface area contributed by atoms with Crippen molar-refractivity contribution in [3.05, 3.63) is 81.7 Å². The molecule has 0 fully saturated rings. The van der Waals surface area contributed by atoms with Crippen LogP contribution in [0.1, 0.15) is 11.3 Å². The Morgan fingerprint density at radius 3 is 2.62 bits per heavy atom.